The number of hydrogen-bond donors (Lipinski definition) is 4. The number of ether oxygens (including phenoxy) is 1. The molecule has 1 heterocycles. The first-order valence-corrected chi connectivity index (χ1v) is 14.3. The van der Waals surface area contributed by atoms with Gasteiger partial charge in [0.05, 0.1) is 22.8 Å². The first-order valence-electron chi connectivity index (χ1n) is 14.3. The van der Waals surface area contributed by atoms with Crippen molar-refractivity contribution in [3.05, 3.63) is 80.8 Å². The van der Waals surface area contributed by atoms with Crippen LogP contribution in [-0.4, -0.2) is 59.8 Å². The van der Waals surface area contributed by atoms with Gasteiger partial charge in [0.2, 0.25) is 5.95 Å². The van der Waals surface area contributed by atoms with E-state index in [1.54, 1.807) is 6.92 Å². The molecule has 15 heteroatoms. The molecule has 4 N–H and O–H groups in total. The van der Waals surface area contributed by atoms with Crippen molar-refractivity contribution < 1.29 is 19.2 Å². The zero-order chi connectivity index (χ0) is 31.7. The Hall–Kier alpha value is -5.34. The Kier molecular flexibility index (Phi) is 13.2. The molecule has 0 unspecified atom stereocenters. The Morgan fingerprint density at radius 1 is 0.977 bits per heavy atom. The van der Waals surface area contributed by atoms with Crippen molar-refractivity contribution in [2.45, 2.75) is 39.5 Å². The lowest BCUT2D eigenvalue weighted by molar-refractivity contribution is -0.384. The summed E-state index contributed by atoms with van der Waals surface area (Å²) in [6.45, 7) is 6.13. The first-order chi connectivity index (χ1) is 21.2. The van der Waals surface area contributed by atoms with Crippen LogP contribution in [0.5, 0.6) is 0 Å². The van der Waals surface area contributed by atoms with E-state index in [0.717, 1.165) is 31.4 Å². The molecule has 0 aliphatic rings. The predicted molar refractivity (Wildman–Crippen MR) is 166 cm³/mol. The van der Waals surface area contributed by atoms with Crippen LogP contribution in [0.3, 0.4) is 0 Å². The molecule has 0 radical (unpaired) electrons. The van der Waals surface area contributed by atoms with Crippen molar-refractivity contribution in [1.29, 1.82) is 0 Å². The molecule has 0 aliphatic heterocycles. The van der Waals surface area contributed by atoms with Crippen molar-refractivity contribution in [3.63, 3.8) is 0 Å². The Balaban J connectivity index is 1.25. The molecule has 0 spiro atoms. The highest BCUT2D eigenvalue weighted by Crippen LogP contribution is 2.23. The van der Waals surface area contributed by atoms with Gasteiger partial charge in [0.25, 0.3) is 11.2 Å². The number of amides is 3. The van der Waals surface area contributed by atoms with Gasteiger partial charge in [0.1, 0.15) is 6.61 Å². The lowest BCUT2D eigenvalue weighted by atomic mass is 10.2. The number of likely N-dealkylation sites (N-methyl/N-ethyl adjacent to an activating group) is 1. The standard InChI is InChI=1S/C29H37N9O6/c1-3-37(24-12-8-22(9-13-24)35-36-23-10-14-25(15-11-23)38(42)43)18-19-44-29(41)31-17-7-5-4-6-16-30-28(40)34-27-32-21(2)20-26(39)33-27/h8-15,20H,3-7,16-19H2,1-2H3,(H,31,41)(H3,30,32,33,34,39,40)/b36-35+. The second-order valence-electron chi connectivity index (χ2n) is 9.68. The van der Waals surface area contributed by atoms with E-state index in [0.29, 0.717) is 43.2 Å². The van der Waals surface area contributed by atoms with Gasteiger partial charge in [-0.05, 0) is 63.1 Å². The summed E-state index contributed by atoms with van der Waals surface area (Å²) >= 11 is 0. The van der Waals surface area contributed by atoms with E-state index in [9.17, 15) is 24.5 Å². The Bertz CT molecular complexity index is 1460. The maximum absolute atomic E-state index is 12.0. The van der Waals surface area contributed by atoms with Gasteiger partial charge in [-0.25, -0.2) is 9.59 Å². The average Bonchev–Trinajstić information content (AvgIpc) is 2.99. The molecule has 3 amide bonds. The number of alkyl carbamates (subject to hydrolysis) is 1. The summed E-state index contributed by atoms with van der Waals surface area (Å²) < 4.78 is 5.32. The topological polar surface area (TPSA) is 196 Å². The highest BCUT2D eigenvalue weighted by Gasteiger charge is 2.08. The summed E-state index contributed by atoms with van der Waals surface area (Å²) in [6.07, 6.45) is 2.84. The normalized spacial score (nSPS) is 10.8. The summed E-state index contributed by atoms with van der Waals surface area (Å²) in [5, 5.41) is 27.0. The van der Waals surface area contributed by atoms with E-state index >= 15 is 0 Å². The molecule has 0 aliphatic carbocycles. The molecule has 15 nitrogen and oxygen atoms in total. The third-order valence-electron chi connectivity index (χ3n) is 6.30. The minimum Gasteiger partial charge on any atom is -0.448 e. The van der Waals surface area contributed by atoms with E-state index in [1.807, 2.05) is 31.2 Å². The van der Waals surface area contributed by atoms with E-state index in [2.05, 4.69) is 41.0 Å². The van der Waals surface area contributed by atoms with Crippen molar-refractivity contribution >= 4 is 40.8 Å². The number of nitro benzene ring substituents is 1. The van der Waals surface area contributed by atoms with Gasteiger partial charge >= 0.3 is 12.1 Å². The van der Waals surface area contributed by atoms with E-state index in [-0.39, 0.29) is 18.2 Å². The molecule has 44 heavy (non-hydrogen) atoms. The molecule has 3 aromatic rings. The Labute approximate surface area is 254 Å². The number of carbonyl (C=O) groups is 2. The number of non-ortho nitro benzene ring substituents is 1. The number of benzene rings is 2. The number of nitrogens with one attached hydrogen (secondary N) is 4. The molecule has 3 rings (SSSR count). The van der Waals surface area contributed by atoms with Gasteiger partial charge in [0.15, 0.2) is 0 Å². The quantitative estimate of drug-likeness (QED) is 0.0724. The number of rotatable bonds is 16. The van der Waals surface area contributed by atoms with Gasteiger partial charge in [-0.2, -0.15) is 15.2 Å². The molecule has 234 valence electrons. The molecule has 0 saturated heterocycles. The largest absolute Gasteiger partial charge is 0.448 e. The van der Waals surface area contributed by atoms with Crippen molar-refractivity contribution in [3.8, 4) is 0 Å². The number of H-pyrrole nitrogens is 1. The van der Waals surface area contributed by atoms with E-state index in [1.165, 1.54) is 30.3 Å². The molecule has 2 aromatic carbocycles. The van der Waals surface area contributed by atoms with Crippen molar-refractivity contribution in [1.82, 2.24) is 20.6 Å². The van der Waals surface area contributed by atoms with Gasteiger partial charge in [-0.15, -0.1) is 0 Å². The van der Waals surface area contributed by atoms with Crippen LogP contribution in [0.1, 0.15) is 38.3 Å². The van der Waals surface area contributed by atoms with Crippen LogP contribution in [0, 0.1) is 17.0 Å². The summed E-state index contributed by atoms with van der Waals surface area (Å²) in [6, 6.07) is 14.2. The number of anilines is 2. The number of urea groups is 1. The van der Waals surface area contributed by atoms with Crippen LogP contribution in [-0.2, 0) is 4.74 Å². The third-order valence-corrected chi connectivity index (χ3v) is 6.30. The first kappa shape index (κ1) is 33.2. The van der Waals surface area contributed by atoms with E-state index < -0.39 is 22.6 Å². The van der Waals surface area contributed by atoms with Crippen LogP contribution < -0.4 is 26.4 Å². The van der Waals surface area contributed by atoms with Crippen LogP contribution in [0.25, 0.3) is 0 Å². The number of nitrogens with zero attached hydrogens (tertiary/aromatic N) is 5. The number of nitro groups is 1. The van der Waals surface area contributed by atoms with Gasteiger partial charge in [-0.3, -0.25) is 20.2 Å². The summed E-state index contributed by atoms with van der Waals surface area (Å²) in [5.74, 6) is 0.102. The number of azo groups is 1. The number of aryl methyl sites for hydroxylation is 1. The lowest BCUT2D eigenvalue weighted by Crippen LogP contribution is -2.31. The molecule has 0 bridgehead atoms. The van der Waals surface area contributed by atoms with E-state index in [4.69, 9.17) is 4.74 Å². The fourth-order valence-electron chi connectivity index (χ4n) is 4.04. The fraction of sp³-hybridized carbons (Fsp3) is 0.379. The number of hydrogen-bond acceptors (Lipinski definition) is 10. The number of aromatic amines is 1. The summed E-state index contributed by atoms with van der Waals surface area (Å²) in [4.78, 5) is 54.2. The lowest BCUT2D eigenvalue weighted by Gasteiger charge is -2.23. The number of carbonyl (C=O) groups excluding carboxylic acids is 2. The smallest absolute Gasteiger partial charge is 0.407 e. The second kappa shape index (κ2) is 17.6. The van der Waals surface area contributed by atoms with Crippen molar-refractivity contribution in [2.75, 3.05) is 43.0 Å². The number of unbranched alkanes of at least 4 members (excludes halogenated alkanes) is 3. The molecule has 0 saturated carbocycles. The summed E-state index contributed by atoms with van der Waals surface area (Å²) in [7, 11) is 0. The second-order valence-corrected chi connectivity index (χ2v) is 9.68. The van der Waals surface area contributed by atoms with Crippen LogP contribution in [0.4, 0.5) is 38.3 Å². The maximum Gasteiger partial charge on any atom is 0.407 e. The maximum atomic E-state index is 12.0. The average molecular weight is 608 g/mol. The highest BCUT2D eigenvalue weighted by atomic mass is 16.6. The molecular formula is C29H37N9O6. The Morgan fingerprint density at radius 2 is 1.59 bits per heavy atom. The van der Waals surface area contributed by atoms with Crippen LogP contribution in [0.2, 0.25) is 0 Å². The SMILES string of the molecule is CCN(CCOC(=O)NCCCCCCNC(=O)Nc1nc(=O)cc(C)[nH]1)c1ccc(/N=N/c2ccc([N+](=O)[O-])cc2)cc1. The number of aromatic nitrogens is 2. The molecule has 1 aromatic heterocycles. The van der Waals surface area contributed by atoms with Gasteiger partial charge < -0.3 is 25.3 Å². The molecule has 0 fully saturated rings. The van der Waals surface area contributed by atoms with Crippen LogP contribution in [0.15, 0.2) is 69.6 Å². The van der Waals surface area contributed by atoms with Gasteiger partial charge in [-0.1, -0.05) is 12.8 Å². The zero-order valence-electron chi connectivity index (χ0n) is 24.7. The van der Waals surface area contributed by atoms with Gasteiger partial charge in [0, 0.05) is 49.2 Å². The summed E-state index contributed by atoms with van der Waals surface area (Å²) in [5.41, 5.74) is 2.26. The van der Waals surface area contributed by atoms with Crippen molar-refractivity contribution in [2.24, 2.45) is 10.2 Å². The minimum absolute atomic E-state index is 0.00534. The third kappa shape index (κ3) is 11.9. The Morgan fingerprint density at radius 3 is 2.18 bits per heavy atom. The molecule has 0 atom stereocenters. The molecular weight excluding hydrogens is 570 g/mol. The monoisotopic (exact) mass is 607 g/mol. The highest BCUT2D eigenvalue weighted by molar-refractivity contribution is 5.87. The fourth-order valence-corrected chi connectivity index (χ4v) is 4.04. The zero-order valence-corrected chi connectivity index (χ0v) is 24.7. The minimum atomic E-state index is -0.468. The predicted octanol–water partition coefficient (Wildman–Crippen LogP) is 5.34. The van der Waals surface area contributed by atoms with Crippen LogP contribution >= 0.6 is 0 Å².